The highest BCUT2D eigenvalue weighted by atomic mass is 32.2. The number of amides is 1. The summed E-state index contributed by atoms with van der Waals surface area (Å²) in [6.07, 6.45) is 3.38. The van der Waals surface area contributed by atoms with Crippen LogP contribution in [0.2, 0.25) is 0 Å². The Morgan fingerprint density at radius 3 is 2.83 bits per heavy atom. The van der Waals surface area contributed by atoms with Crippen LogP contribution in [0.1, 0.15) is 38.2 Å². The van der Waals surface area contributed by atoms with Crippen LogP contribution in [0, 0.1) is 0 Å². The van der Waals surface area contributed by atoms with Gasteiger partial charge in [-0.05, 0) is 43.9 Å². The van der Waals surface area contributed by atoms with Gasteiger partial charge in [0.25, 0.3) is 0 Å². The van der Waals surface area contributed by atoms with E-state index in [1.807, 2.05) is 19.1 Å². The van der Waals surface area contributed by atoms with Crippen LogP contribution < -0.4 is 14.8 Å². The fourth-order valence-electron chi connectivity index (χ4n) is 2.59. The van der Waals surface area contributed by atoms with Gasteiger partial charge in [0.15, 0.2) is 0 Å². The summed E-state index contributed by atoms with van der Waals surface area (Å²) in [5, 5.41) is 10.8. The third-order valence-electron chi connectivity index (χ3n) is 3.86. The van der Waals surface area contributed by atoms with E-state index in [2.05, 4.69) is 10.0 Å². The summed E-state index contributed by atoms with van der Waals surface area (Å²) >= 11 is 0. The number of hydrogen-bond acceptors (Lipinski definition) is 4. The molecule has 0 saturated heterocycles. The van der Waals surface area contributed by atoms with E-state index in [0.29, 0.717) is 12.3 Å². The molecular weight excluding hydrogens is 332 g/mol. The Balaban J connectivity index is 1.86. The summed E-state index contributed by atoms with van der Waals surface area (Å²) in [7, 11) is -3.50. The molecule has 1 aromatic rings. The molecule has 0 unspecified atom stereocenters. The van der Waals surface area contributed by atoms with E-state index in [1.54, 1.807) is 6.07 Å². The minimum atomic E-state index is -3.50. The average Bonchev–Trinajstić information content (AvgIpc) is 2.62. The molecule has 1 aliphatic heterocycles. The second kappa shape index (κ2) is 8.34. The molecule has 0 spiro atoms. The molecule has 0 saturated carbocycles. The maximum atomic E-state index is 12.1. The van der Waals surface area contributed by atoms with E-state index in [4.69, 9.17) is 9.84 Å². The number of ether oxygens (including phenoxy) is 1. The number of sulfonamides is 1. The Bertz CT molecular complexity index is 675. The maximum Gasteiger partial charge on any atom is 0.404 e. The van der Waals surface area contributed by atoms with E-state index >= 15 is 0 Å². The summed E-state index contributed by atoms with van der Waals surface area (Å²) in [5.41, 5.74) is 1.04. The number of benzene rings is 1. The Hall–Kier alpha value is -1.80. The van der Waals surface area contributed by atoms with Gasteiger partial charge in [-0.1, -0.05) is 18.9 Å². The third-order valence-corrected chi connectivity index (χ3v) is 5.32. The van der Waals surface area contributed by atoms with Gasteiger partial charge in [-0.2, -0.15) is 0 Å². The van der Waals surface area contributed by atoms with Crippen LogP contribution in [0.4, 0.5) is 4.79 Å². The number of hydrogen-bond donors (Lipinski definition) is 3. The molecule has 1 aliphatic rings. The Kier molecular flexibility index (Phi) is 6.44. The Labute approximate surface area is 142 Å². The zero-order valence-corrected chi connectivity index (χ0v) is 14.6. The molecule has 1 atom stereocenters. The number of unbranched alkanes of at least 4 members (excludes halogenated alkanes) is 3. The van der Waals surface area contributed by atoms with Crippen molar-refractivity contribution in [3.63, 3.8) is 0 Å². The van der Waals surface area contributed by atoms with Gasteiger partial charge >= 0.3 is 6.09 Å². The lowest BCUT2D eigenvalue weighted by Gasteiger charge is -2.12. The van der Waals surface area contributed by atoms with E-state index in [-0.39, 0.29) is 17.5 Å². The maximum absolute atomic E-state index is 12.1. The van der Waals surface area contributed by atoms with Gasteiger partial charge in [-0.3, -0.25) is 0 Å². The Morgan fingerprint density at radius 2 is 2.08 bits per heavy atom. The smallest absolute Gasteiger partial charge is 0.404 e. The highest BCUT2D eigenvalue weighted by Gasteiger charge is 2.25. The number of aryl methyl sites for hydroxylation is 1. The van der Waals surface area contributed by atoms with Gasteiger partial charge in [-0.15, -0.1) is 0 Å². The molecule has 134 valence electrons. The first-order valence-corrected chi connectivity index (χ1v) is 9.63. The van der Waals surface area contributed by atoms with Gasteiger partial charge in [-0.25, -0.2) is 17.9 Å². The van der Waals surface area contributed by atoms with Crippen molar-refractivity contribution in [3.05, 3.63) is 23.8 Å². The van der Waals surface area contributed by atoms with Gasteiger partial charge in [0.1, 0.15) is 16.7 Å². The number of rotatable bonds is 7. The molecule has 24 heavy (non-hydrogen) atoms. The average molecular weight is 356 g/mol. The third kappa shape index (κ3) is 5.38. The predicted molar refractivity (Wildman–Crippen MR) is 89.9 cm³/mol. The standard InChI is InChI=1S/C16H24N2O5S/c1-12-11-18-24(21,22)15-8-7-13(10-14(15)23-12)6-4-2-3-5-9-17-16(19)20/h7-8,10,12,17-18H,2-6,9,11H2,1H3,(H,19,20)/t12-/m1/s1. The monoisotopic (exact) mass is 356 g/mol. The normalized spacial score (nSPS) is 19.0. The quantitative estimate of drug-likeness (QED) is 0.649. The fourth-order valence-corrected chi connectivity index (χ4v) is 3.82. The molecule has 0 radical (unpaired) electrons. The summed E-state index contributed by atoms with van der Waals surface area (Å²) < 4.78 is 32.5. The second-order valence-electron chi connectivity index (χ2n) is 5.96. The number of fused-ring (bicyclic) bond motifs is 1. The molecule has 1 heterocycles. The van der Waals surface area contributed by atoms with Crippen LogP contribution >= 0.6 is 0 Å². The Morgan fingerprint density at radius 1 is 1.33 bits per heavy atom. The molecule has 3 N–H and O–H groups in total. The molecule has 0 bridgehead atoms. The first kappa shape index (κ1) is 18.5. The summed E-state index contributed by atoms with van der Waals surface area (Å²) in [6.45, 7) is 2.57. The van der Waals surface area contributed by atoms with Crippen molar-refractivity contribution in [2.75, 3.05) is 13.1 Å². The molecular formula is C16H24N2O5S. The number of nitrogens with one attached hydrogen (secondary N) is 2. The van der Waals surface area contributed by atoms with E-state index < -0.39 is 16.1 Å². The van der Waals surface area contributed by atoms with Crippen LogP contribution in [-0.4, -0.2) is 38.8 Å². The summed E-state index contributed by atoms with van der Waals surface area (Å²) in [5.74, 6) is 0.413. The van der Waals surface area contributed by atoms with Crippen molar-refractivity contribution in [1.29, 1.82) is 0 Å². The predicted octanol–water partition coefficient (Wildman–Crippen LogP) is 2.12. The van der Waals surface area contributed by atoms with Gasteiger partial charge in [0.05, 0.1) is 0 Å². The highest BCUT2D eigenvalue weighted by Crippen LogP contribution is 2.28. The van der Waals surface area contributed by atoms with E-state index in [1.165, 1.54) is 0 Å². The fraction of sp³-hybridized carbons (Fsp3) is 0.562. The number of carbonyl (C=O) groups is 1. The highest BCUT2D eigenvalue weighted by molar-refractivity contribution is 7.89. The van der Waals surface area contributed by atoms with Crippen LogP contribution in [0.3, 0.4) is 0 Å². The summed E-state index contributed by atoms with van der Waals surface area (Å²) in [4.78, 5) is 10.5. The van der Waals surface area contributed by atoms with Crippen molar-refractivity contribution in [3.8, 4) is 5.75 Å². The second-order valence-corrected chi connectivity index (χ2v) is 7.69. The lowest BCUT2D eigenvalue weighted by atomic mass is 10.1. The summed E-state index contributed by atoms with van der Waals surface area (Å²) in [6, 6.07) is 5.23. The van der Waals surface area contributed by atoms with E-state index in [0.717, 1.165) is 37.7 Å². The molecule has 0 aromatic heterocycles. The molecule has 8 heteroatoms. The van der Waals surface area contributed by atoms with Crippen molar-refractivity contribution in [2.45, 2.75) is 50.0 Å². The van der Waals surface area contributed by atoms with Gasteiger partial charge in [0, 0.05) is 13.1 Å². The lowest BCUT2D eigenvalue weighted by Crippen LogP contribution is -2.29. The largest absolute Gasteiger partial charge is 0.488 e. The van der Waals surface area contributed by atoms with Gasteiger partial charge in [0.2, 0.25) is 10.0 Å². The topological polar surface area (TPSA) is 105 Å². The SMILES string of the molecule is C[C@@H]1CNS(=O)(=O)c2ccc(CCCCCCNC(=O)O)cc2O1. The van der Waals surface area contributed by atoms with E-state index in [9.17, 15) is 13.2 Å². The minimum absolute atomic E-state index is 0.190. The first-order valence-electron chi connectivity index (χ1n) is 8.14. The molecule has 2 rings (SSSR count). The van der Waals surface area contributed by atoms with Crippen LogP contribution in [0.15, 0.2) is 23.1 Å². The van der Waals surface area contributed by atoms with Crippen molar-refractivity contribution in [1.82, 2.24) is 10.0 Å². The number of carboxylic acid groups (broad SMARTS) is 1. The van der Waals surface area contributed by atoms with Crippen molar-refractivity contribution < 1.29 is 23.1 Å². The molecule has 7 nitrogen and oxygen atoms in total. The zero-order chi connectivity index (χ0) is 17.6. The van der Waals surface area contributed by atoms with Crippen LogP contribution in [-0.2, 0) is 16.4 Å². The van der Waals surface area contributed by atoms with Gasteiger partial charge < -0.3 is 15.2 Å². The molecule has 1 aromatic carbocycles. The van der Waals surface area contributed by atoms with Crippen LogP contribution in [0.25, 0.3) is 0 Å². The zero-order valence-electron chi connectivity index (χ0n) is 13.7. The molecule has 1 amide bonds. The van der Waals surface area contributed by atoms with Crippen molar-refractivity contribution in [2.24, 2.45) is 0 Å². The van der Waals surface area contributed by atoms with Crippen LogP contribution in [0.5, 0.6) is 5.75 Å². The first-order chi connectivity index (χ1) is 11.4. The molecule has 0 aliphatic carbocycles. The van der Waals surface area contributed by atoms with Crippen molar-refractivity contribution >= 4 is 16.1 Å². The molecule has 0 fully saturated rings. The minimum Gasteiger partial charge on any atom is -0.488 e. The lowest BCUT2D eigenvalue weighted by molar-refractivity contribution is 0.194.